The molecule has 0 radical (unpaired) electrons. The third kappa shape index (κ3) is 3.99. The Morgan fingerprint density at radius 1 is 1.14 bits per heavy atom. The average Bonchev–Trinajstić information content (AvgIpc) is 3.16. The van der Waals surface area contributed by atoms with E-state index in [1.165, 1.54) is 0 Å². The lowest BCUT2D eigenvalue weighted by atomic mass is 9.93. The van der Waals surface area contributed by atoms with Crippen LogP contribution in [0, 0.1) is 0 Å². The Balaban J connectivity index is 1.44. The quantitative estimate of drug-likeness (QED) is 0.671. The Morgan fingerprint density at radius 3 is 2.54 bits per heavy atom. The van der Waals surface area contributed by atoms with Crippen molar-refractivity contribution in [2.24, 2.45) is 7.05 Å². The van der Waals surface area contributed by atoms with E-state index >= 15 is 0 Å². The van der Waals surface area contributed by atoms with Crippen LogP contribution in [0.1, 0.15) is 34.8 Å². The Kier molecular flexibility index (Phi) is 5.25. The number of hydrogen-bond donors (Lipinski definition) is 0. The fourth-order valence-electron chi connectivity index (χ4n) is 3.38. The molecule has 0 unspecified atom stereocenters. The molecular weight excluding hydrogens is 378 g/mol. The van der Waals surface area contributed by atoms with Crippen LogP contribution >= 0.6 is 11.6 Å². The molecule has 4 rings (SSSR count). The van der Waals surface area contributed by atoms with Gasteiger partial charge in [-0.05, 0) is 37.1 Å². The Bertz CT molecular complexity index is 965. The highest BCUT2D eigenvalue weighted by molar-refractivity contribution is 6.30. The van der Waals surface area contributed by atoms with Crippen LogP contribution in [0.25, 0.3) is 0 Å². The number of aromatic nitrogens is 4. The van der Waals surface area contributed by atoms with Gasteiger partial charge >= 0.3 is 0 Å². The normalized spacial score (nSPS) is 14.9. The summed E-state index contributed by atoms with van der Waals surface area (Å²) in [6.07, 6.45) is 8.26. The Morgan fingerprint density at radius 2 is 1.86 bits per heavy atom. The third-order valence-electron chi connectivity index (χ3n) is 4.84. The van der Waals surface area contributed by atoms with E-state index in [-0.39, 0.29) is 11.8 Å². The summed E-state index contributed by atoms with van der Waals surface area (Å²) in [5.41, 5.74) is 1.44. The van der Waals surface area contributed by atoms with E-state index in [4.69, 9.17) is 16.3 Å². The highest BCUT2D eigenvalue weighted by Gasteiger charge is 2.28. The van der Waals surface area contributed by atoms with E-state index < -0.39 is 0 Å². The minimum absolute atomic E-state index is 0.0170. The lowest BCUT2D eigenvalue weighted by Crippen LogP contribution is -2.38. The van der Waals surface area contributed by atoms with E-state index in [9.17, 15) is 4.79 Å². The van der Waals surface area contributed by atoms with Crippen molar-refractivity contribution in [2.45, 2.75) is 18.8 Å². The summed E-state index contributed by atoms with van der Waals surface area (Å²) in [6.45, 7) is 1.32. The summed E-state index contributed by atoms with van der Waals surface area (Å²) >= 11 is 5.93. The van der Waals surface area contributed by atoms with Gasteiger partial charge in [0.25, 0.3) is 5.91 Å². The van der Waals surface area contributed by atoms with Crippen LogP contribution < -0.4 is 4.74 Å². The second kappa shape index (κ2) is 7.98. The zero-order valence-electron chi connectivity index (χ0n) is 15.5. The molecule has 28 heavy (non-hydrogen) atoms. The molecule has 0 atom stereocenters. The molecule has 1 fully saturated rings. The molecule has 1 saturated heterocycles. The number of halogens is 1. The number of nitrogens with zero attached hydrogens (tertiary/aromatic N) is 5. The number of ether oxygens (including phenoxy) is 1. The summed E-state index contributed by atoms with van der Waals surface area (Å²) < 4.78 is 7.58. The fourth-order valence-corrected chi connectivity index (χ4v) is 3.51. The minimum atomic E-state index is 0.0170. The molecule has 1 aliphatic heterocycles. The molecule has 3 heterocycles. The van der Waals surface area contributed by atoms with Gasteiger partial charge in [0, 0.05) is 49.7 Å². The van der Waals surface area contributed by atoms with Crippen LogP contribution in [0.3, 0.4) is 0 Å². The van der Waals surface area contributed by atoms with Crippen LogP contribution in [0.5, 0.6) is 11.6 Å². The number of likely N-dealkylation sites (tertiary alicyclic amines) is 1. The molecule has 8 heteroatoms. The Labute approximate surface area is 167 Å². The number of rotatable bonds is 4. The first-order chi connectivity index (χ1) is 13.6. The van der Waals surface area contributed by atoms with E-state index in [1.54, 1.807) is 60.8 Å². The van der Waals surface area contributed by atoms with Gasteiger partial charge in [0.1, 0.15) is 11.4 Å². The first kappa shape index (κ1) is 18.4. The van der Waals surface area contributed by atoms with Gasteiger partial charge in [-0.2, -0.15) is 5.10 Å². The van der Waals surface area contributed by atoms with Gasteiger partial charge in [-0.25, -0.2) is 4.98 Å². The van der Waals surface area contributed by atoms with Crippen molar-refractivity contribution in [2.75, 3.05) is 13.1 Å². The average molecular weight is 398 g/mol. The van der Waals surface area contributed by atoms with Crippen molar-refractivity contribution in [1.29, 1.82) is 0 Å². The highest BCUT2D eigenvalue weighted by atomic mass is 35.5. The summed E-state index contributed by atoms with van der Waals surface area (Å²) in [6, 6.07) is 7.15. The van der Waals surface area contributed by atoms with Crippen molar-refractivity contribution in [3.63, 3.8) is 0 Å². The van der Waals surface area contributed by atoms with Crippen molar-refractivity contribution in [3.05, 3.63) is 65.3 Å². The first-order valence-corrected chi connectivity index (χ1v) is 9.50. The molecule has 1 aromatic carbocycles. The lowest BCUT2D eigenvalue weighted by molar-refractivity contribution is 0.0711. The zero-order chi connectivity index (χ0) is 19.5. The molecule has 2 aromatic heterocycles. The lowest BCUT2D eigenvalue weighted by Gasteiger charge is -2.31. The molecule has 1 aliphatic rings. The minimum Gasteiger partial charge on any atom is -0.437 e. The zero-order valence-corrected chi connectivity index (χ0v) is 16.2. The second-order valence-electron chi connectivity index (χ2n) is 6.77. The summed E-state index contributed by atoms with van der Waals surface area (Å²) in [7, 11) is 1.80. The number of hydrogen-bond acceptors (Lipinski definition) is 5. The molecule has 0 saturated carbocycles. The molecule has 1 amide bonds. The van der Waals surface area contributed by atoms with E-state index in [1.807, 2.05) is 4.90 Å². The number of piperidine rings is 1. The van der Waals surface area contributed by atoms with Gasteiger partial charge in [0.2, 0.25) is 5.88 Å². The summed E-state index contributed by atoms with van der Waals surface area (Å²) in [5, 5.41) is 4.73. The predicted octanol–water partition coefficient (Wildman–Crippen LogP) is 3.68. The van der Waals surface area contributed by atoms with Gasteiger partial charge in [-0.3, -0.25) is 14.5 Å². The van der Waals surface area contributed by atoms with Gasteiger partial charge in [0.05, 0.1) is 11.8 Å². The molecule has 144 valence electrons. The molecular formula is C20H20ClN5O2. The number of aryl methyl sites for hydroxylation is 1. The van der Waals surface area contributed by atoms with Crippen molar-refractivity contribution >= 4 is 17.5 Å². The topological polar surface area (TPSA) is 73.1 Å². The molecule has 0 N–H and O–H groups in total. The maximum atomic E-state index is 12.6. The Hall–Kier alpha value is -2.93. The molecule has 7 nitrogen and oxygen atoms in total. The smallest absolute Gasteiger partial charge is 0.257 e. The maximum Gasteiger partial charge on any atom is 0.257 e. The number of carbonyl (C=O) groups excluding carboxylic acids is 1. The van der Waals surface area contributed by atoms with Gasteiger partial charge in [-0.15, -0.1) is 0 Å². The second-order valence-corrected chi connectivity index (χ2v) is 7.21. The van der Waals surface area contributed by atoms with Gasteiger partial charge < -0.3 is 9.64 Å². The number of carbonyl (C=O) groups is 1. The summed E-state index contributed by atoms with van der Waals surface area (Å²) in [5.74, 6) is 1.37. The van der Waals surface area contributed by atoms with Crippen LogP contribution in [-0.2, 0) is 7.05 Å². The summed E-state index contributed by atoms with van der Waals surface area (Å²) in [4.78, 5) is 23.3. The predicted molar refractivity (Wildman–Crippen MR) is 105 cm³/mol. The van der Waals surface area contributed by atoms with Crippen LogP contribution in [-0.4, -0.2) is 43.6 Å². The SMILES string of the molecule is Cn1cc(C(=O)N2CCC(c3nccnc3Oc3ccc(Cl)cc3)CC2)cn1. The van der Waals surface area contributed by atoms with Crippen molar-refractivity contribution in [3.8, 4) is 11.6 Å². The third-order valence-corrected chi connectivity index (χ3v) is 5.09. The number of benzene rings is 1. The largest absolute Gasteiger partial charge is 0.437 e. The van der Waals surface area contributed by atoms with Gasteiger partial charge in [0.15, 0.2) is 0 Å². The molecule has 3 aromatic rings. The van der Waals surface area contributed by atoms with Gasteiger partial charge in [-0.1, -0.05) is 11.6 Å². The maximum absolute atomic E-state index is 12.6. The van der Waals surface area contributed by atoms with Crippen molar-refractivity contribution < 1.29 is 9.53 Å². The van der Waals surface area contributed by atoms with Crippen LogP contribution in [0.4, 0.5) is 0 Å². The van der Waals surface area contributed by atoms with E-state index in [2.05, 4.69) is 15.1 Å². The van der Waals surface area contributed by atoms with Crippen LogP contribution in [0.2, 0.25) is 5.02 Å². The number of amides is 1. The fraction of sp³-hybridized carbons (Fsp3) is 0.300. The first-order valence-electron chi connectivity index (χ1n) is 9.12. The van der Waals surface area contributed by atoms with E-state index in [0.29, 0.717) is 35.3 Å². The van der Waals surface area contributed by atoms with Crippen molar-refractivity contribution in [1.82, 2.24) is 24.6 Å². The molecule has 0 spiro atoms. The highest BCUT2D eigenvalue weighted by Crippen LogP contribution is 2.34. The monoisotopic (exact) mass is 397 g/mol. The standard InChI is InChI=1S/C20H20ClN5O2/c1-25-13-15(12-24-25)20(27)26-10-6-14(7-11-26)18-19(23-9-8-22-18)28-17-4-2-16(21)3-5-17/h2-5,8-9,12-14H,6-7,10-11H2,1H3. The van der Waals surface area contributed by atoms with Crippen LogP contribution in [0.15, 0.2) is 49.1 Å². The molecule has 0 aliphatic carbocycles. The van der Waals surface area contributed by atoms with E-state index in [0.717, 1.165) is 18.5 Å². The molecule has 0 bridgehead atoms.